The second-order valence-corrected chi connectivity index (χ2v) is 8.58. The molecule has 172 valence electrons. The third-order valence-corrected chi connectivity index (χ3v) is 6.55. The lowest BCUT2D eigenvalue weighted by Crippen LogP contribution is -2.30. The summed E-state index contributed by atoms with van der Waals surface area (Å²) in [6.07, 6.45) is 3.83. The first-order chi connectivity index (χ1) is 16.6. The summed E-state index contributed by atoms with van der Waals surface area (Å²) in [4.78, 5) is 6.72. The highest BCUT2D eigenvalue weighted by atomic mass is 35.5. The Morgan fingerprint density at radius 3 is 2.47 bits per heavy atom. The van der Waals surface area contributed by atoms with Crippen LogP contribution in [0.1, 0.15) is 23.5 Å². The fourth-order valence-electron chi connectivity index (χ4n) is 4.42. The van der Waals surface area contributed by atoms with Crippen molar-refractivity contribution in [3.05, 3.63) is 102 Å². The highest BCUT2D eigenvalue weighted by Gasteiger charge is 2.42. The molecule has 0 radical (unpaired) electrons. The van der Waals surface area contributed by atoms with Crippen LogP contribution in [0, 0.1) is 0 Å². The van der Waals surface area contributed by atoms with Crippen molar-refractivity contribution in [2.24, 2.45) is 0 Å². The van der Waals surface area contributed by atoms with Gasteiger partial charge >= 0.3 is 0 Å². The van der Waals surface area contributed by atoms with E-state index in [2.05, 4.69) is 25.8 Å². The van der Waals surface area contributed by atoms with Crippen molar-refractivity contribution in [1.29, 1.82) is 0 Å². The molecule has 8 heteroatoms. The van der Waals surface area contributed by atoms with Gasteiger partial charge in [0.15, 0.2) is 5.11 Å². The van der Waals surface area contributed by atoms with E-state index in [1.165, 1.54) is 0 Å². The molecule has 1 N–H and O–H groups in total. The minimum Gasteiger partial charge on any atom is -0.495 e. The van der Waals surface area contributed by atoms with Crippen LogP contribution in [0.2, 0.25) is 5.02 Å². The number of ether oxygens (including phenoxy) is 2. The molecule has 2 aromatic heterocycles. The monoisotopic (exact) mass is 490 g/mol. The maximum Gasteiger partial charge on any atom is 0.174 e. The second kappa shape index (κ2) is 9.37. The van der Waals surface area contributed by atoms with E-state index in [4.69, 9.17) is 33.3 Å². The number of hydrogen-bond acceptors (Lipinski definition) is 4. The number of nitrogens with one attached hydrogen (secondary N) is 1. The molecule has 0 unspecified atom stereocenters. The van der Waals surface area contributed by atoms with Crippen molar-refractivity contribution < 1.29 is 9.47 Å². The summed E-state index contributed by atoms with van der Waals surface area (Å²) < 4.78 is 13.1. The molecule has 1 aliphatic heterocycles. The molecule has 6 nitrogen and oxygen atoms in total. The Hall–Kier alpha value is -3.55. The minimum absolute atomic E-state index is 0.182. The van der Waals surface area contributed by atoms with E-state index >= 15 is 0 Å². The maximum absolute atomic E-state index is 6.50. The zero-order valence-corrected chi connectivity index (χ0v) is 20.3. The molecule has 0 saturated carbocycles. The number of aromatic nitrogens is 2. The lowest BCUT2D eigenvalue weighted by Gasteiger charge is -2.29. The molecule has 1 saturated heterocycles. The number of nitrogens with zero attached hydrogens (tertiary/aromatic N) is 3. The average molecular weight is 491 g/mol. The van der Waals surface area contributed by atoms with E-state index in [1.54, 1.807) is 20.4 Å². The fraction of sp³-hybridized carbons (Fsp3) is 0.154. The SMILES string of the molecule is COc1ccc(N2C(=S)N[C@@H](c3ccccn3)[C@@H]2c2cccn2-c2ccccc2OC)cc1Cl. The lowest BCUT2D eigenvalue weighted by molar-refractivity contribution is 0.412. The molecule has 5 rings (SSSR count). The van der Waals surface area contributed by atoms with Gasteiger partial charge in [0.25, 0.3) is 0 Å². The van der Waals surface area contributed by atoms with Gasteiger partial charge in [-0.2, -0.15) is 0 Å². The summed E-state index contributed by atoms with van der Waals surface area (Å²) in [5.74, 6) is 1.39. The lowest BCUT2D eigenvalue weighted by atomic mass is 10.0. The van der Waals surface area contributed by atoms with Crippen LogP contribution < -0.4 is 19.7 Å². The number of anilines is 1. The van der Waals surface area contributed by atoms with E-state index in [1.807, 2.05) is 72.9 Å². The van der Waals surface area contributed by atoms with Gasteiger partial charge in [0.2, 0.25) is 0 Å². The molecule has 3 heterocycles. The highest BCUT2D eigenvalue weighted by Crippen LogP contribution is 2.44. The topological polar surface area (TPSA) is 51.5 Å². The maximum atomic E-state index is 6.50. The molecule has 2 aromatic carbocycles. The predicted molar refractivity (Wildman–Crippen MR) is 138 cm³/mol. The van der Waals surface area contributed by atoms with Crippen LogP contribution in [-0.4, -0.2) is 28.9 Å². The largest absolute Gasteiger partial charge is 0.495 e. The molecule has 0 bridgehead atoms. The number of pyridine rings is 1. The Morgan fingerprint density at radius 1 is 0.941 bits per heavy atom. The molecule has 1 fully saturated rings. The summed E-state index contributed by atoms with van der Waals surface area (Å²) in [5, 5.41) is 4.60. The number of methoxy groups -OCH3 is 2. The van der Waals surface area contributed by atoms with E-state index in [9.17, 15) is 0 Å². The van der Waals surface area contributed by atoms with Gasteiger partial charge < -0.3 is 24.3 Å². The number of halogens is 1. The Bertz CT molecular complexity index is 1330. The molecule has 1 aliphatic rings. The van der Waals surface area contributed by atoms with Crippen LogP contribution in [0.3, 0.4) is 0 Å². The van der Waals surface area contributed by atoms with E-state index < -0.39 is 0 Å². The zero-order chi connectivity index (χ0) is 23.7. The molecule has 2 atom stereocenters. The Kier molecular flexibility index (Phi) is 6.13. The molecule has 34 heavy (non-hydrogen) atoms. The van der Waals surface area contributed by atoms with E-state index in [0.717, 1.165) is 28.5 Å². The molecule has 0 spiro atoms. The number of benzene rings is 2. The molecule has 0 aliphatic carbocycles. The third kappa shape index (κ3) is 3.87. The first-order valence-corrected chi connectivity index (χ1v) is 11.6. The van der Waals surface area contributed by atoms with Crippen LogP contribution in [0.5, 0.6) is 11.5 Å². The van der Waals surface area contributed by atoms with Gasteiger partial charge in [-0.05, 0) is 66.8 Å². The standard InChI is InChI=1S/C26H23ClN4O2S/c1-32-22-13-12-17(16-18(22)27)31-25(24(29-26(31)34)19-8-5-6-14-28-19)21-10-7-15-30(21)20-9-3-4-11-23(20)33-2/h3-16,24-25H,1-2H3,(H,29,34)/t24-,25-/m0/s1. The van der Waals surface area contributed by atoms with Crippen molar-refractivity contribution >= 4 is 34.6 Å². The summed E-state index contributed by atoms with van der Waals surface area (Å²) >= 11 is 12.3. The van der Waals surface area contributed by atoms with Gasteiger partial charge in [0.1, 0.15) is 17.5 Å². The molecular weight excluding hydrogens is 468 g/mol. The van der Waals surface area contributed by atoms with Gasteiger partial charge in [-0.3, -0.25) is 4.98 Å². The van der Waals surface area contributed by atoms with Crippen LogP contribution in [0.4, 0.5) is 5.69 Å². The van der Waals surface area contributed by atoms with Crippen LogP contribution >= 0.6 is 23.8 Å². The zero-order valence-electron chi connectivity index (χ0n) is 18.7. The summed E-state index contributed by atoms with van der Waals surface area (Å²) in [6, 6.07) is 23.3. The fourth-order valence-corrected chi connectivity index (χ4v) is 5.02. The average Bonchev–Trinajstić information content (AvgIpc) is 3.48. The molecule has 4 aromatic rings. The Labute approximate surface area is 208 Å². The summed E-state index contributed by atoms with van der Waals surface area (Å²) in [7, 11) is 3.28. The second-order valence-electron chi connectivity index (χ2n) is 7.79. The van der Waals surface area contributed by atoms with Crippen LogP contribution in [-0.2, 0) is 0 Å². The van der Waals surface area contributed by atoms with Gasteiger partial charge in [-0.1, -0.05) is 29.8 Å². The minimum atomic E-state index is -0.202. The van der Waals surface area contributed by atoms with Gasteiger partial charge in [0.05, 0.1) is 36.7 Å². The number of thiocarbonyl (C=S) groups is 1. The normalized spacial score (nSPS) is 17.5. The Morgan fingerprint density at radius 2 is 1.74 bits per heavy atom. The summed E-state index contributed by atoms with van der Waals surface area (Å²) in [6.45, 7) is 0. The smallest absolute Gasteiger partial charge is 0.174 e. The van der Waals surface area contributed by atoms with Gasteiger partial charge in [-0.15, -0.1) is 0 Å². The van der Waals surface area contributed by atoms with Crippen LogP contribution in [0.25, 0.3) is 5.69 Å². The van der Waals surface area contributed by atoms with E-state index in [-0.39, 0.29) is 12.1 Å². The number of hydrogen-bond donors (Lipinski definition) is 1. The summed E-state index contributed by atoms with van der Waals surface area (Å²) in [5.41, 5.74) is 3.72. The molecular formula is C26H23ClN4O2S. The van der Waals surface area contributed by atoms with E-state index in [0.29, 0.717) is 15.9 Å². The Balaban J connectivity index is 1.68. The number of para-hydroxylation sites is 2. The van der Waals surface area contributed by atoms with Crippen molar-refractivity contribution in [1.82, 2.24) is 14.9 Å². The van der Waals surface area contributed by atoms with Crippen molar-refractivity contribution in [3.8, 4) is 17.2 Å². The predicted octanol–water partition coefficient (Wildman–Crippen LogP) is 5.72. The van der Waals surface area contributed by atoms with Crippen molar-refractivity contribution in [2.75, 3.05) is 19.1 Å². The van der Waals surface area contributed by atoms with Crippen molar-refractivity contribution in [3.63, 3.8) is 0 Å². The quantitative estimate of drug-likeness (QED) is 0.349. The molecule has 0 amide bonds. The number of rotatable bonds is 6. The first kappa shape index (κ1) is 22.3. The van der Waals surface area contributed by atoms with Crippen molar-refractivity contribution in [2.45, 2.75) is 12.1 Å². The van der Waals surface area contributed by atoms with Gasteiger partial charge in [0, 0.05) is 23.8 Å². The van der Waals surface area contributed by atoms with Gasteiger partial charge in [-0.25, -0.2) is 0 Å². The third-order valence-electron chi connectivity index (χ3n) is 5.94. The van der Waals surface area contributed by atoms with Crippen LogP contribution in [0.15, 0.2) is 85.2 Å². The first-order valence-electron chi connectivity index (χ1n) is 10.8. The highest BCUT2D eigenvalue weighted by molar-refractivity contribution is 7.80.